The molecule has 0 fully saturated rings. The highest BCUT2D eigenvalue weighted by atomic mass is 16.3. The van der Waals surface area contributed by atoms with E-state index in [1.54, 1.807) is 0 Å². The number of hydrogen-bond acceptors (Lipinski definition) is 1. The van der Waals surface area contributed by atoms with Gasteiger partial charge in [-0.15, -0.1) is 0 Å². The van der Waals surface area contributed by atoms with Crippen LogP contribution in [0.4, 0.5) is 0 Å². The molecule has 0 aliphatic carbocycles. The summed E-state index contributed by atoms with van der Waals surface area (Å²) < 4.78 is 0. The lowest BCUT2D eigenvalue weighted by Crippen LogP contribution is -2.22. The summed E-state index contributed by atoms with van der Waals surface area (Å²) in [6.07, 6.45) is 6.37. The minimum Gasteiger partial charge on any atom is -0.392 e. The van der Waals surface area contributed by atoms with E-state index < -0.39 is 0 Å². The number of hydrogen-bond donors (Lipinski definition) is 1. The summed E-state index contributed by atoms with van der Waals surface area (Å²) in [4.78, 5) is 0. The third-order valence-corrected chi connectivity index (χ3v) is 3.87. The quantitative estimate of drug-likeness (QED) is 0.724. The molecule has 0 aliphatic heterocycles. The van der Waals surface area contributed by atoms with E-state index in [2.05, 4.69) is 45.0 Å². The molecular weight excluding hydrogens is 220 g/mol. The van der Waals surface area contributed by atoms with E-state index in [1.807, 2.05) is 0 Å². The Morgan fingerprint density at radius 3 is 2.11 bits per heavy atom. The first-order valence-corrected chi connectivity index (χ1v) is 7.47. The molecule has 0 saturated heterocycles. The maximum atomic E-state index is 10.3. The topological polar surface area (TPSA) is 20.2 Å². The van der Waals surface area contributed by atoms with Crippen LogP contribution in [-0.4, -0.2) is 11.2 Å². The molecule has 0 radical (unpaired) electrons. The molecule has 0 bridgehead atoms. The van der Waals surface area contributed by atoms with Crippen LogP contribution in [0.1, 0.15) is 57.6 Å². The first kappa shape index (κ1) is 15.2. The van der Waals surface area contributed by atoms with Crippen molar-refractivity contribution in [2.75, 3.05) is 0 Å². The van der Waals surface area contributed by atoms with Crippen LogP contribution in [0.25, 0.3) is 0 Å². The van der Waals surface area contributed by atoms with Gasteiger partial charge in [0.2, 0.25) is 0 Å². The van der Waals surface area contributed by atoms with Crippen molar-refractivity contribution in [2.24, 2.45) is 5.92 Å². The van der Waals surface area contributed by atoms with Crippen molar-refractivity contribution in [3.8, 4) is 0 Å². The van der Waals surface area contributed by atoms with Gasteiger partial charge in [-0.1, -0.05) is 64.3 Å². The predicted octanol–water partition coefficient (Wildman–Crippen LogP) is 4.37. The number of aliphatic hydroxyl groups is 1. The highest BCUT2D eigenvalue weighted by molar-refractivity contribution is 5.23. The molecule has 0 aromatic heterocycles. The Balaban J connectivity index is 2.52. The van der Waals surface area contributed by atoms with Crippen molar-refractivity contribution >= 4 is 0 Å². The lowest BCUT2D eigenvalue weighted by atomic mass is 9.89. The Kier molecular flexibility index (Phi) is 7.04. The van der Waals surface area contributed by atoms with Gasteiger partial charge in [0.15, 0.2) is 0 Å². The Labute approximate surface area is 112 Å². The van der Waals surface area contributed by atoms with Crippen molar-refractivity contribution < 1.29 is 5.11 Å². The normalized spacial score (nSPS) is 14.4. The fraction of sp³-hybridized carbons (Fsp3) is 0.647. The third kappa shape index (κ3) is 4.81. The first-order chi connectivity index (χ1) is 8.71. The number of aryl methyl sites for hydroxylation is 1. The van der Waals surface area contributed by atoms with Crippen LogP contribution < -0.4 is 0 Å². The molecular formula is C17H28O. The van der Waals surface area contributed by atoms with Crippen molar-refractivity contribution in [3.63, 3.8) is 0 Å². The Morgan fingerprint density at radius 2 is 1.61 bits per heavy atom. The SMILES string of the molecule is CCCCC(CC)C(O)Cc1ccc(CC)cc1. The summed E-state index contributed by atoms with van der Waals surface area (Å²) in [5, 5.41) is 10.3. The summed E-state index contributed by atoms with van der Waals surface area (Å²) in [6.45, 7) is 6.56. The Hall–Kier alpha value is -0.820. The first-order valence-electron chi connectivity index (χ1n) is 7.47. The van der Waals surface area contributed by atoms with Crippen molar-refractivity contribution in [1.82, 2.24) is 0 Å². The number of aliphatic hydroxyl groups excluding tert-OH is 1. The smallest absolute Gasteiger partial charge is 0.0608 e. The molecule has 2 atom stereocenters. The van der Waals surface area contributed by atoms with Gasteiger partial charge in [-0.25, -0.2) is 0 Å². The van der Waals surface area contributed by atoms with Crippen LogP contribution in [0, 0.1) is 5.92 Å². The number of benzene rings is 1. The van der Waals surface area contributed by atoms with Crippen LogP contribution in [0.2, 0.25) is 0 Å². The van der Waals surface area contributed by atoms with Gasteiger partial charge in [-0.05, 0) is 36.3 Å². The van der Waals surface area contributed by atoms with Gasteiger partial charge in [0, 0.05) is 0 Å². The van der Waals surface area contributed by atoms with E-state index in [9.17, 15) is 5.11 Å². The summed E-state index contributed by atoms with van der Waals surface area (Å²) in [5.41, 5.74) is 2.63. The second-order valence-corrected chi connectivity index (χ2v) is 5.25. The highest BCUT2D eigenvalue weighted by Gasteiger charge is 2.17. The predicted molar refractivity (Wildman–Crippen MR) is 78.8 cm³/mol. The van der Waals surface area contributed by atoms with Gasteiger partial charge < -0.3 is 5.11 Å². The third-order valence-electron chi connectivity index (χ3n) is 3.87. The summed E-state index contributed by atoms with van der Waals surface area (Å²) in [6, 6.07) is 8.67. The highest BCUT2D eigenvalue weighted by Crippen LogP contribution is 2.20. The lowest BCUT2D eigenvalue weighted by Gasteiger charge is -2.21. The van der Waals surface area contributed by atoms with E-state index in [0.29, 0.717) is 5.92 Å². The average molecular weight is 248 g/mol. The zero-order valence-corrected chi connectivity index (χ0v) is 12.2. The fourth-order valence-corrected chi connectivity index (χ4v) is 2.45. The standard InChI is InChI=1S/C17H28O/c1-4-7-8-16(6-3)17(18)13-15-11-9-14(5-2)10-12-15/h9-12,16-18H,4-8,13H2,1-3H3. The maximum absolute atomic E-state index is 10.3. The molecule has 2 unspecified atom stereocenters. The van der Waals surface area contributed by atoms with Crippen LogP contribution in [0.5, 0.6) is 0 Å². The van der Waals surface area contributed by atoms with Gasteiger partial charge in [0.05, 0.1) is 6.10 Å². The second-order valence-electron chi connectivity index (χ2n) is 5.25. The molecule has 0 amide bonds. The summed E-state index contributed by atoms with van der Waals surface area (Å²) in [5.74, 6) is 0.454. The van der Waals surface area contributed by atoms with Crippen LogP contribution in [-0.2, 0) is 12.8 Å². The lowest BCUT2D eigenvalue weighted by molar-refractivity contribution is 0.0987. The zero-order chi connectivity index (χ0) is 13.4. The summed E-state index contributed by atoms with van der Waals surface area (Å²) in [7, 11) is 0. The number of unbranched alkanes of at least 4 members (excludes halogenated alkanes) is 1. The van der Waals surface area contributed by atoms with E-state index in [0.717, 1.165) is 25.7 Å². The molecule has 0 spiro atoms. The molecule has 1 N–H and O–H groups in total. The van der Waals surface area contributed by atoms with Crippen LogP contribution in [0.15, 0.2) is 24.3 Å². The second kappa shape index (κ2) is 8.31. The van der Waals surface area contributed by atoms with Crippen molar-refractivity contribution in [3.05, 3.63) is 35.4 Å². The van der Waals surface area contributed by atoms with Gasteiger partial charge in [-0.2, -0.15) is 0 Å². The average Bonchev–Trinajstić information content (AvgIpc) is 2.40. The maximum Gasteiger partial charge on any atom is 0.0608 e. The van der Waals surface area contributed by atoms with E-state index in [4.69, 9.17) is 0 Å². The van der Waals surface area contributed by atoms with E-state index in [1.165, 1.54) is 24.0 Å². The summed E-state index contributed by atoms with van der Waals surface area (Å²) >= 11 is 0. The van der Waals surface area contributed by atoms with Gasteiger partial charge >= 0.3 is 0 Å². The van der Waals surface area contributed by atoms with Crippen molar-refractivity contribution in [1.29, 1.82) is 0 Å². The molecule has 102 valence electrons. The van der Waals surface area contributed by atoms with Crippen molar-refractivity contribution in [2.45, 2.75) is 65.4 Å². The molecule has 1 rings (SSSR count). The van der Waals surface area contributed by atoms with E-state index >= 15 is 0 Å². The minimum atomic E-state index is -0.186. The molecule has 1 aromatic carbocycles. The zero-order valence-electron chi connectivity index (χ0n) is 12.2. The van der Waals surface area contributed by atoms with Gasteiger partial charge in [0.25, 0.3) is 0 Å². The molecule has 0 heterocycles. The Bertz CT molecular complexity index is 315. The van der Waals surface area contributed by atoms with Crippen LogP contribution in [0.3, 0.4) is 0 Å². The Morgan fingerprint density at radius 1 is 1.00 bits per heavy atom. The molecule has 1 heteroatoms. The minimum absolute atomic E-state index is 0.186. The monoisotopic (exact) mass is 248 g/mol. The number of rotatable bonds is 8. The fourth-order valence-electron chi connectivity index (χ4n) is 2.45. The molecule has 1 aromatic rings. The van der Waals surface area contributed by atoms with E-state index in [-0.39, 0.29) is 6.10 Å². The molecule has 0 aliphatic rings. The van der Waals surface area contributed by atoms with Crippen LogP contribution >= 0.6 is 0 Å². The van der Waals surface area contributed by atoms with Gasteiger partial charge in [0.1, 0.15) is 0 Å². The molecule has 1 nitrogen and oxygen atoms in total. The molecule has 0 saturated carbocycles. The molecule has 18 heavy (non-hydrogen) atoms. The largest absolute Gasteiger partial charge is 0.392 e. The van der Waals surface area contributed by atoms with Gasteiger partial charge in [-0.3, -0.25) is 0 Å².